The summed E-state index contributed by atoms with van der Waals surface area (Å²) in [5, 5.41) is 15.7. The van der Waals surface area contributed by atoms with E-state index in [0.717, 1.165) is 36.3 Å². The third-order valence-electron chi connectivity index (χ3n) is 5.66. The van der Waals surface area contributed by atoms with Crippen LogP contribution in [0.5, 0.6) is 0 Å². The lowest BCUT2D eigenvalue weighted by Crippen LogP contribution is -2.49. The van der Waals surface area contributed by atoms with Crippen LogP contribution in [0.4, 0.5) is 5.82 Å². The summed E-state index contributed by atoms with van der Waals surface area (Å²) in [5.41, 5.74) is 3.16. The fourth-order valence-corrected chi connectivity index (χ4v) is 3.98. The molecule has 0 radical (unpaired) electrons. The van der Waals surface area contributed by atoms with Crippen LogP contribution in [-0.2, 0) is 9.59 Å². The number of hydrogen-bond acceptors (Lipinski definition) is 4. The number of nitriles is 1. The summed E-state index contributed by atoms with van der Waals surface area (Å²) in [6.45, 7) is 7.37. The summed E-state index contributed by atoms with van der Waals surface area (Å²) in [7, 11) is 0. The zero-order chi connectivity index (χ0) is 21.7. The van der Waals surface area contributed by atoms with Gasteiger partial charge in [-0.1, -0.05) is 25.1 Å². The van der Waals surface area contributed by atoms with Crippen molar-refractivity contribution in [2.75, 3.05) is 25.0 Å². The predicted octanol–water partition coefficient (Wildman–Crippen LogP) is 2.89. The van der Waals surface area contributed by atoms with E-state index in [1.165, 1.54) is 0 Å². The quantitative estimate of drug-likeness (QED) is 0.770. The second kappa shape index (κ2) is 9.59. The van der Waals surface area contributed by atoms with Crippen molar-refractivity contribution < 1.29 is 9.59 Å². The molecule has 3 rings (SSSR count). The smallest absolute Gasteiger partial charge is 0.239 e. The molecule has 1 aliphatic heterocycles. The van der Waals surface area contributed by atoms with Crippen LogP contribution in [0.15, 0.2) is 30.3 Å². The van der Waals surface area contributed by atoms with Gasteiger partial charge in [-0.3, -0.25) is 19.1 Å². The molecule has 30 heavy (non-hydrogen) atoms. The van der Waals surface area contributed by atoms with Gasteiger partial charge < -0.3 is 10.6 Å². The summed E-state index contributed by atoms with van der Waals surface area (Å²) >= 11 is 0. The first kappa shape index (κ1) is 21.6. The Morgan fingerprint density at radius 1 is 1.20 bits per heavy atom. The van der Waals surface area contributed by atoms with E-state index >= 15 is 0 Å². The summed E-state index contributed by atoms with van der Waals surface area (Å²) in [5.74, 6) is 0.386. The maximum absolute atomic E-state index is 12.9. The third-order valence-corrected chi connectivity index (χ3v) is 5.66. The molecule has 0 unspecified atom stereocenters. The van der Waals surface area contributed by atoms with Gasteiger partial charge in [-0.05, 0) is 50.9 Å². The minimum atomic E-state index is -0.163. The van der Waals surface area contributed by atoms with Crippen molar-refractivity contribution in [3.63, 3.8) is 0 Å². The molecule has 0 bridgehead atoms. The van der Waals surface area contributed by atoms with Gasteiger partial charge in [0.2, 0.25) is 11.8 Å². The second-order valence-corrected chi connectivity index (χ2v) is 7.76. The number of hydrogen-bond donors (Lipinski definition) is 2. The van der Waals surface area contributed by atoms with Gasteiger partial charge in [-0.2, -0.15) is 5.26 Å². The molecule has 1 aromatic carbocycles. The van der Waals surface area contributed by atoms with E-state index in [1.54, 1.807) is 0 Å². The molecule has 1 saturated heterocycles. The number of anilines is 1. The molecular weight excluding hydrogens is 378 g/mol. The second-order valence-electron chi connectivity index (χ2n) is 7.76. The van der Waals surface area contributed by atoms with Gasteiger partial charge >= 0.3 is 0 Å². The largest absolute Gasteiger partial charge is 0.352 e. The van der Waals surface area contributed by atoms with E-state index < -0.39 is 0 Å². The van der Waals surface area contributed by atoms with Crippen molar-refractivity contribution in [1.29, 1.82) is 5.26 Å². The highest BCUT2D eigenvalue weighted by Gasteiger charge is 2.25. The number of carbonyl (C=O) groups is 2. The lowest BCUT2D eigenvalue weighted by atomic mass is 10.1. The molecule has 2 N–H and O–H groups in total. The van der Waals surface area contributed by atoms with E-state index in [-0.39, 0.29) is 24.4 Å². The molecule has 1 aliphatic rings. The van der Waals surface area contributed by atoms with Crippen LogP contribution in [0.2, 0.25) is 0 Å². The van der Waals surface area contributed by atoms with Crippen molar-refractivity contribution in [3.05, 3.63) is 47.2 Å². The van der Waals surface area contributed by atoms with Gasteiger partial charge in [-0.15, -0.1) is 0 Å². The van der Waals surface area contributed by atoms with E-state index in [9.17, 15) is 14.9 Å². The highest BCUT2D eigenvalue weighted by molar-refractivity contribution is 5.93. The summed E-state index contributed by atoms with van der Waals surface area (Å²) < 4.78 is 1.92. The minimum absolute atomic E-state index is 0.0385. The van der Waals surface area contributed by atoms with Crippen LogP contribution in [0.3, 0.4) is 0 Å². The van der Waals surface area contributed by atoms with Crippen molar-refractivity contribution >= 4 is 17.6 Å². The Morgan fingerprint density at radius 3 is 2.60 bits per heavy atom. The fourth-order valence-electron chi connectivity index (χ4n) is 3.98. The minimum Gasteiger partial charge on any atom is -0.352 e. The van der Waals surface area contributed by atoms with Gasteiger partial charge in [0.05, 0.1) is 12.1 Å². The monoisotopic (exact) mass is 407 g/mol. The zero-order valence-corrected chi connectivity index (χ0v) is 17.9. The number of rotatable bonds is 6. The highest BCUT2D eigenvalue weighted by atomic mass is 16.2. The van der Waals surface area contributed by atoms with Crippen molar-refractivity contribution in [2.24, 2.45) is 0 Å². The SMILES string of the molecule is CCC(=O)N[C@@H]1CCCN(CC(=O)Nc2c(C#N)c(C)c(C)n2-c2ccccc2)C1. The van der Waals surface area contributed by atoms with E-state index in [4.69, 9.17) is 0 Å². The summed E-state index contributed by atoms with van der Waals surface area (Å²) in [6.07, 6.45) is 2.32. The molecule has 7 nitrogen and oxygen atoms in total. The van der Waals surface area contributed by atoms with Crippen molar-refractivity contribution in [2.45, 2.75) is 46.1 Å². The number of nitrogens with zero attached hydrogens (tertiary/aromatic N) is 3. The van der Waals surface area contributed by atoms with E-state index in [2.05, 4.69) is 21.6 Å². The van der Waals surface area contributed by atoms with Gasteiger partial charge in [0.1, 0.15) is 11.9 Å². The number of nitrogens with one attached hydrogen (secondary N) is 2. The molecular formula is C23H29N5O2. The molecule has 2 aromatic rings. The number of benzene rings is 1. The number of amides is 2. The average molecular weight is 408 g/mol. The van der Waals surface area contributed by atoms with Gasteiger partial charge in [-0.25, -0.2) is 0 Å². The fraction of sp³-hybridized carbons (Fsp3) is 0.435. The number of carbonyl (C=O) groups excluding carboxylic acids is 2. The topological polar surface area (TPSA) is 90.2 Å². The van der Waals surface area contributed by atoms with Crippen molar-refractivity contribution in [1.82, 2.24) is 14.8 Å². The molecule has 1 aromatic heterocycles. The Hall–Kier alpha value is -3.11. The molecule has 1 atom stereocenters. The maximum Gasteiger partial charge on any atom is 0.239 e. The van der Waals surface area contributed by atoms with Crippen LogP contribution >= 0.6 is 0 Å². The number of para-hydroxylation sites is 1. The Balaban J connectivity index is 1.76. The first-order chi connectivity index (χ1) is 14.4. The molecule has 0 saturated carbocycles. The first-order valence-electron chi connectivity index (χ1n) is 10.4. The van der Waals surface area contributed by atoms with Crippen molar-refractivity contribution in [3.8, 4) is 11.8 Å². The molecule has 7 heteroatoms. The lowest BCUT2D eigenvalue weighted by Gasteiger charge is -2.32. The molecule has 0 spiro atoms. The average Bonchev–Trinajstić information content (AvgIpc) is 2.97. The summed E-state index contributed by atoms with van der Waals surface area (Å²) in [6, 6.07) is 12.0. The highest BCUT2D eigenvalue weighted by Crippen LogP contribution is 2.29. The third kappa shape index (κ3) is 4.71. The van der Waals surface area contributed by atoms with Crippen LogP contribution in [0.1, 0.15) is 43.0 Å². The van der Waals surface area contributed by atoms with Crippen LogP contribution in [-0.4, -0.2) is 47.0 Å². The Bertz CT molecular complexity index is 958. The van der Waals surface area contributed by atoms with E-state index in [0.29, 0.717) is 24.3 Å². The Labute approximate surface area is 177 Å². The Kier molecular flexibility index (Phi) is 6.91. The van der Waals surface area contributed by atoms with Gasteiger partial charge in [0, 0.05) is 30.4 Å². The molecule has 0 aliphatic carbocycles. The first-order valence-corrected chi connectivity index (χ1v) is 10.4. The molecule has 1 fully saturated rings. The van der Waals surface area contributed by atoms with Gasteiger partial charge in [0.25, 0.3) is 0 Å². The van der Waals surface area contributed by atoms with E-state index in [1.807, 2.05) is 55.7 Å². The molecule has 2 amide bonds. The zero-order valence-electron chi connectivity index (χ0n) is 17.9. The van der Waals surface area contributed by atoms with Crippen LogP contribution in [0, 0.1) is 25.2 Å². The van der Waals surface area contributed by atoms with Crippen LogP contribution in [0.25, 0.3) is 5.69 Å². The normalized spacial score (nSPS) is 16.7. The van der Waals surface area contributed by atoms with Gasteiger partial charge in [0.15, 0.2) is 0 Å². The predicted molar refractivity (Wildman–Crippen MR) is 116 cm³/mol. The summed E-state index contributed by atoms with van der Waals surface area (Å²) in [4.78, 5) is 26.6. The number of aromatic nitrogens is 1. The van der Waals surface area contributed by atoms with Crippen LogP contribution < -0.4 is 10.6 Å². The molecule has 158 valence electrons. The lowest BCUT2D eigenvalue weighted by molar-refractivity contribution is -0.121. The Morgan fingerprint density at radius 2 is 1.93 bits per heavy atom. The molecule has 2 heterocycles. The number of likely N-dealkylation sites (tertiary alicyclic amines) is 1. The maximum atomic E-state index is 12.9. The standard InChI is InChI=1S/C23H29N5O2/c1-4-21(29)25-18-9-8-12-27(14-18)15-22(30)26-23-20(13-24)16(2)17(3)28(23)19-10-6-5-7-11-19/h5-7,10-11,18H,4,8-9,12,14-15H2,1-3H3,(H,25,29)(H,26,30)/t18-/m1/s1. The number of piperidine rings is 1.